The first-order valence-corrected chi connectivity index (χ1v) is 11.4. The number of thioether (sulfide) groups is 1. The maximum atomic E-state index is 12.1. The molecule has 0 saturated heterocycles. The second kappa shape index (κ2) is 11.3. The molecule has 1 aromatic heterocycles. The number of hydrogen-bond acceptors (Lipinski definition) is 7. The lowest BCUT2D eigenvalue weighted by molar-refractivity contribution is -0.337. The number of amides is 1. The van der Waals surface area contributed by atoms with Gasteiger partial charge in [0.1, 0.15) is 6.04 Å². The van der Waals surface area contributed by atoms with E-state index in [2.05, 4.69) is 5.32 Å². The summed E-state index contributed by atoms with van der Waals surface area (Å²) in [7, 11) is -3.22. The highest BCUT2D eigenvalue weighted by Gasteiger charge is 2.24. The van der Waals surface area contributed by atoms with Gasteiger partial charge < -0.3 is 40.0 Å². The van der Waals surface area contributed by atoms with Crippen LogP contribution in [0.5, 0.6) is 0 Å². The Balaban J connectivity index is 0. The van der Waals surface area contributed by atoms with E-state index in [4.69, 9.17) is 25.0 Å². The number of fused-ring (bicyclic) bond motifs is 1. The van der Waals surface area contributed by atoms with Crippen LogP contribution in [-0.2, 0) is 27.6 Å². The molecule has 2 atom stereocenters. The molecule has 10 nitrogen and oxygen atoms in total. The Hall–Kier alpha value is -1.88. The monoisotopic (exact) mass is 447 g/mol. The minimum absolute atomic E-state index is 0. The normalized spacial score (nSPS) is 13.3. The summed E-state index contributed by atoms with van der Waals surface area (Å²) in [4.78, 5) is 47.9. The Morgan fingerprint density at radius 2 is 1.97 bits per heavy atom. The van der Waals surface area contributed by atoms with Crippen molar-refractivity contribution in [1.29, 1.82) is 0 Å². The van der Waals surface area contributed by atoms with Gasteiger partial charge in [0.15, 0.2) is 0 Å². The number of benzene rings is 1. The number of carboxylic acids is 1. The van der Waals surface area contributed by atoms with E-state index in [0.29, 0.717) is 6.42 Å². The van der Waals surface area contributed by atoms with Crippen LogP contribution < -0.4 is 20.8 Å². The highest BCUT2D eigenvalue weighted by atomic mass is 32.2. The molecule has 1 heterocycles. The van der Waals surface area contributed by atoms with Gasteiger partial charge in [-0.05, 0) is 30.1 Å². The zero-order valence-corrected chi connectivity index (χ0v) is 17.7. The van der Waals surface area contributed by atoms with Crippen LogP contribution >= 0.6 is 19.6 Å². The summed E-state index contributed by atoms with van der Waals surface area (Å²) in [5, 5.41) is 13.0. The molecule has 0 unspecified atom stereocenters. The van der Waals surface area contributed by atoms with E-state index in [1.807, 2.05) is 48.3 Å². The van der Waals surface area contributed by atoms with Crippen molar-refractivity contribution in [3.05, 3.63) is 36.0 Å². The molecular weight excluding hydrogens is 421 g/mol. The van der Waals surface area contributed by atoms with E-state index in [-0.39, 0.29) is 9.27 Å². The van der Waals surface area contributed by atoms with Crippen LogP contribution in [0.4, 0.5) is 0 Å². The zero-order chi connectivity index (χ0) is 22.2. The van der Waals surface area contributed by atoms with Crippen molar-refractivity contribution < 1.29 is 36.8 Å². The number of nitrogens with one attached hydrogen (secondary N) is 1. The minimum atomic E-state index is -5.14. The summed E-state index contributed by atoms with van der Waals surface area (Å²) >= 11 is 1.60. The third kappa shape index (κ3) is 8.99. The molecule has 1 amide bonds. The second-order valence-corrected chi connectivity index (χ2v) is 8.17. The summed E-state index contributed by atoms with van der Waals surface area (Å²) < 4.78 is 10.6. The molecule has 0 aliphatic carbocycles. The molecule has 0 aliphatic heterocycles. The Morgan fingerprint density at radius 1 is 1.38 bits per heavy atom. The number of carboxylic acid groups (broad SMARTS) is 1. The quantitative estimate of drug-likeness (QED) is 0.384. The number of hydrogen-bond donors (Lipinski definition) is 4. The van der Waals surface area contributed by atoms with E-state index in [1.54, 1.807) is 11.8 Å². The van der Waals surface area contributed by atoms with Gasteiger partial charge in [-0.1, -0.05) is 18.2 Å². The molecule has 29 heavy (non-hydrogen) atoms. The molecule has 0 fully saturated rings. The summed E-state index contributed by atoms with van der Waals surface area (Å²) in [6, 6.07) is 6.10. The molecule has 0 bridgehead atoms. The Bertz CT molecular complexity index is 885. The van der Waals surface area contributed by atoms with Gasteiger partial charge >= 0.3 is 8.82 Å². The molecule has 12 heteroatoms. The fourth-order valence-corrected chi connectivity index (χ4v) is 3.15. The highest BCUT2D eigenvalue weighted by molar-refractivity contribution is 7.98. The molecular formula is C17H26N3O7PS. The van der Waals surface area contributed by atoms with Gasteiger partial charge in [-0.15, -0.1) is 0 Å². The minimum Gasteiger partial charge on any atom is -0.790 e. The predicted octanol–water partition coefficient (Wildman–Crippen LogP) is -0.597. The fraction of sp³-hybridized carbons (Fsp3) is 0.412. The molecule has 0 saturated carbocycles. The van der Waals surface area contributed by atoms with E-state index >= 15 is 0 Å². The number of rotatable bonds is 8. The topological polar surface area (TPSA) is 181 Å². The summed E-state index contributed by atoms with van der Waals surface area (Å²) in [6.45, 7) is 0. The maximum Gasteiger partial charge on any atom is 1.00 e. The van der Waals surface area contributed by atoms with Crippen LogP contribution in [0.1, 0.15) is 14.8 Å². The predicted molar refractivity (Wildman–Crippen MR) is 109 cm³/mol. The zero-order valence-electron chi connectivity index (χ0n) is 18.0. The third-order valence-corrected chi connectivity index (χ3v) is 4.63. The number of nitrogens with two attached hydrogens (primary N) is 1. The molecule has 2 aromatic rings. The van der Waals surface area contributed by atoms with Gasteiger partial charge in [-0.25, -0.2) is 4.79 Å². The van der Waals surface area contributed by atoms with Crippen LogP contribution in [0, 0.1) is 0 Å². The van der Waals surface area contributed by atoms with Crippen molar-refractivity contribution in [3.63, 3.8) is 0 Å². The average molecular weight is 447 g/mol. The van der Waals surface area contributed by atoms with Gasteiger partial charge in [-0.3, -0.25) is 4.79 Å². The van der Waals surface area contributed by atoms with Gasteiger partial charge in [0.2, 0.25) is 5.91 Å². The van der Waals surface area contributed by atoms with Crippen molar-refractivity contribution in [1.82, 2.24) is 9.88 Å². The number of aryl methyl sites for hydroxylation is 1. The van der Waals surface area contributed by atoms with E-state index in [0.717, 1.165) is 22.2 Å². The second-order valence-electron chi connectivity index (χ2n) is 6.24. The van der Waals surface area contributed by atoms with Crippen molar-refractivity contribution in [2.45, 2.75) is 24.9 Å². The Morgan fingerprint density at radius 3 is 2.52 bits per heavy atom. The van der Waals surface area contributed by atoms with Crippen LogP contribution in [0.25, 0.3) is 10.9 Å². The molecule has 0 radical (unpaired) electrons. The van der Waals surface area contributed by atoms with Crippen molar-refractivity contribution in [2.75, 3.05) is 12.0 Å². The lowest BCUT2D eigenvalue weighted by Gasteiger charge is -2.19. The number of aromatic nitrogens is 1. The van der Waals surface area contributed by atoms with Gasteiger partial charge in [0.25, 0.3) is 0 Å². The SMILES string of the molecule is CSCC[C@H](N)C(=O)N[C@H](Cc1cn(C)c2ccccc12)C(=O)O.O=P([O-])([O-])O.[H+].[H+]. The molecule has 5 N–H and O–H groups in total. The average Bonchev–Trinajstić information content (AvgIpc) is 2.93. The lowest BCUT2D eigenvalue weighted by Crippen LogP contribution is -2.49. The largest absolute Gasteiger partial charge is 1.00 e. The molecule has 0 spiro atoms. The molecule has 2 rings (SSSR count). The Kier molecular flexibility index (Phi) is 9.84. The third-order valence-electron chi connectivity index (χ3n) is 3.99. The number of carbonyl (C=O) groups excluding carboxylic acids is 1. The number of aliphatic carboxylic acids is 1. The number of phosphoric acid groups is 1. The van der Waals surface area contributed by atoms with Gasteiger partial charge in [0, 0.05) is 30.6 Å². The summed E-state index contributed by atoms with van der Waals surface area (Å²) in [5.41, 5.74) is 7.73. The highest BCUT2D eigenvalue weighted by Crippen LogP contribution is 2.21. The first-order valence-electron chi connectivity index (χ1n) is 8.49. The lowest BCUT2D eigenvalue weighted by atomic mass is 10.0. The number of nitrogens with zero attached hydrogens (tertiary/aromatic N) is 1. The number of para-hydroxylation sites is 1. The smallest absolute Gasteiger partial charge is 0.790 e. The van der Waals surface area contributed by atoms with E-state index in [1.165, 1.54) is 0 Å². The van der Waals surface area contributed by atoms with E-state index in [9.17, 15) is 14.7 Å². The van der Waals surface area contributed by atoms with Crippen LogP contribution in [-0.4, -0.2) is 50.5 Å². The standard InChI is InChI=1S/C17H23N3O3S.H3O4P/c1-20-10-11(12-5-3-4-6-15(12)20)9-14(17(22)23)19-16(21)13(18)7-8-24-2;1-5(2,3)4/h3-6,10,13-14H,7-9,18H2,1-2H3,(H,19,21)(H,22,23);(H3,1,2,3,4)/t13-,14+;/m0./s1. The van der Waals surface area contributed by atoms with Crippen LogP contribution in [0.3, 0.4) is 0 Å². The summed E-state index contributed by atoms with van der Waals surface area (Å²) in [5.74, 6) is -0.722. The van der Waals surface area contributed by atoms with Gasteiger partial charge in [0.05, 0.1) is 13.9 Å². The fourth-order valence-electron chi connectivity index (χ4n) is 2.66. The first kappa shape index (κ1) is 25.2. The summed E-state index contributed by atoms with van der Waals surface area (Å²) in [6.07, 6.45) is 4.58. The van der Waals surface area contributed by atoms with Crippen molar-refractivity contribution >= 4 is 42.4 Å². The first-order chi connectivity index (χ1) is 13.4. The van der Waals surface area contributed by atoms with Crippen LogP contribution in [0.2, 0.25) is 0 Å². The molecule has 0 aliphatic rings. The maximum absolute atomic E-state index is 12.1. The van der Waals surface area contributed by atoms with E-state index < -0.39 is 31.8 Å². The molecule has 162 valence electrons. The molecule has 1 aromatic carbocycles. The van der Waals surface area contributed by atoms with Crippen molar-refractivity contribution in [3.8, 4) is 0 Å². The number of carbonyl (C=O) groups is 2. The van der Waals surface area contributed by atoms with Crippen molar-refractivity contribution in [2.24, 2.45) is 12.8 Å². The van der Waals surface area contributed by atoms with Crippen LogP contribution in [0.15, 0.2) is 30.5 Å². The van der Waals surface area contributed by atoms with Gasteiger partial charge in [-0.2, -0.15) is 11.8 Å². The Labute approximate surface area is 175 Å².